The molecule has 0 aliphatic rings. The van der Waals surface area contributed by atoms with Crippen LogP contribution in [-0.2, 0) is 11.3 Å². The number of rotatable bonds is 8. The zero-order chi connectivity index (χ0) is 25.7. The molecule has 2 N–H and O–H groups in total. The maximum absolute atomic E-state index is 13.1. The molecule has 1 aromatic heterocycles. The van der Waals surface area contributed by atoms with Gasteiger partial charge in [-0.25, -0.2) is 4.39 Å². The molecule has 0 saturated carbocycles. The van der Waals surface area contributed by atoms with E-state index in [0.717, 1.165) is 15.7 Å². The SMILES string of the molecule is Cc1cccc(-n2c(CNC(=O)c3cc(Br)ccc3Cl)nnc2SCC(=O)Nc2ccc(F)cc2)c1. The smallest absolute Gasteiger partial charge is 0.253 e. The molecule has 3 aromatic carbocycles. The summed E-state index contributed by atoms with van der Waals surface area (Å²) in [6.45, 7) is 2.05. The Balaban J connectivity index is 1.52. The van der Waals surface area contributed by atoms with Crippen LogP contribution in [0.15, 0.2) is 76.4 Å². The lowest BCUT2D eigenvalue weighted by Crippen LogP contribution is -2.25. The summed E-state index contributed by atoms with van der Waals surface area (Å²) in [5, 5.41) is 14.9. The lowest BCUT2D eigenvalue weighted by atomic mass is 10.2. The minimum atomic E-state index is -0.379. The lowest BCUT2D eigenvalue weighted by Gasteiger charge is -2.12. The number of thioether (sulfide) groups is 1. The summed E-state index contributed by atoms with van der Waals surface area (Å²) in [6, 6.07) is 18.3. The van der Waals surface area contributed by atoms with Crippen molar-refractivity contribution in [2.75, 3.05) is 11.1 Å². The van der Waals surface area contributed by atoms with Crippen molar-refractivity contribution >= 4 is 56.8 Å². The Morgan fingerprint density at radius 1 is 1.08 bits per heavy atom. The van der Waals surface area contributed by atoms with Crippen molar-refractivity contribution < 1.29 is 14.0 Å². The van der Waals surface area contributed by atoms with Crippen LogP contribution >= 0.6 is 39.3 Å². The van der Waals surface area contributed by atoms with E-state index in [9.17, 15) is 14.0 Å². The van der Waals surface area contributed by atoms with Gasteiger partial charge in [-0.05, 0) is 67.1 Å². The summed E-state index contributed by atoms with van der Waals surface area (Å²) in [6.07, 6.45) is 0. The van der Waals surface area contributed by atoms with Gasteiger partial charge in [0.15, 0.2) is 11.0 Å². The molecule has 2 amide bonds. The Morgan fingerprint density at radius 2 is 1.86 bits per heavy atom. The maximum atomic E-state index is 13.1. The first kappa shape index (κ1) is 25.9. The van der Waals surface area contributed by atoms with Crippen molar-refractivity contribution in [1.29, 1.82) is 0 Å². The number of hydrogen-bond acceptors (Lipinski definition) is 5. The zero-order valence-electron chi connectivity index (χ0n) is 19.0. The molecule has 0 radical (unpaired) electrons. The summed E-state index contributed by atoms with van der Waals surface area (Å²) >= 11 is 10.7. The molecule has 0 fully saturated rings. The molecule has 4 aromatic rings. The van der Waals surface area contributed by atoms with Crippen LogP contribution in [0.25, 0.3) is 5.69 Å². The van der Waals surface area contributed by atoms with Crippen LogP contribution in [0.4, 0.5) is 10.1 Å². The first-order valence-corrected chi connectivity index (χ1v) is 12.9. The molecule has 0 bridgehead atoms. The number of halogens is 3. The average Bonchev–Trinajstić information content (AvgIpc) is 3.27. The molecule has 0 aliphatic carbocycles. The second kappa shape index (κ2) is 11.7. The third-order valence-electron chi connectivity index (χ3n) is 5.00. The molecule has 184 valence electrons. The Hall–Kier alpha value is -3.21. The van der Waals surface area contributed by atoms with Crippen molar-refractivity contribution in [1.82, 2.24) is 20.1 Å². The standard InChI is InChI=1S/C25H20BrClFN5O2S/c1-15-3-2-4-19(11-15)33-22(13-29-24(35)20-12-16(26)5-10-21(20)27)31-32-25(33)36-14-23(34)30-18-8-6-17(28)7-9-18/h2-12H,13-14H2,1H3,(H,29,35)(H,30,34). The summed E-state index contributed by atoms with van der Waals surface area (Å²) in [7, 11) is 0. The van der Waals surface area contributed by atoms with Gasteiger partial charge in [0.05, 0.1) is 22.9 Å². The van der Waals surface area contributed by atoms with E-state index >= 15 is 0 Å². The van der Waals surface area contributed by atoms with Gasteiger partial charge in [0.2, 0.25) is 5.91 Å². The average molecular weight is 589 g/mol. The van der Waals surface area contributed by atoms with Crippen LogP contribution in [0.5, 0.6) is 0 Å². The number of hydrogen-bond donors (Lipinski definition) is 2. The number of nitrogens with zero attached hydrogens (tertiary/aromatic N) is 3. The Bertz CT molecular complexity index is 1410. The van der Waals surface area contributed by atoms with E-state index in [0.29, 0.717) is 27.3 Å². The molecule has 0 unspecified atom stereocenters. The molecular formula is C25H20BrClFN5O2S. The largest absolute Gasteiger partial charge is 0.345 e. The highest BCUT2D eigenvalue weighted by Gasteiger charge is 2.18. The van der Waals surface area contributed by atoms with Gasteiger partial charge in [-0.3, -0.25) is 14.2 Å². The number of aryl methyl sites for hydroxylation is 1. The highest BCUT2D eigenvalue weighted by molar-refractivity contribution is 9.10. The van der Waals surface area contributed by atoms with Gasteiger partial charge in [-0.15, -0.1) is 10.2 Å². The van der Waals surface area contributed by atoms with Crippen LogP contribution in [0, 0.1) is 12.7 Å². The fraction of sp³-hybridized carbons (Fsp3) is 0.120. The highest BCUT2D eigenvalue weighted by Crippen LogP contribution is 2.24. The molecule has 11 heteroatoms. The minimum absolute atomic E-state index is 0.0569. The quantitative estimate of drug-likeness (QED) is 0.254. The number of nitrogens with one attached hydrogen (secondary N) is 2. The third kappa shape index (κ3) is 6.51. The van der Waals surface area contributed by atoms with E-state index in [1.54, 1.807) is 22.8 Å². The van der Waals surface area contributed by atoms with Crippen molar-refractivity contribution in [3.8, 4) is 5.69 Å². The van der Waals surface area contributed by atoms with Crippen LogP contribution in [0.3, 0.4) is 0 Å². The topological polar surface area (TPSA) is 88.9 Å². The Kier molecular flexibility index (Phi) is 8.40. The fourth-order valence-corrected chi connectivity index (χ4v) is 4.66. The molecule has 0 saturated heterocycles. The van der Waals surface area contributed by atoms with Gasteiger partial charge >= 0.3 is 0 Å². The van der Waals surface area contributed by atoms with Gasteiger partial charge in [0.1, 0.15) is 5.82 Å². The number of carbonyl (C=O) groups is 2. The molecule has 0 atom stereocenters. The molecular weight excluding hydrogens is 569 g/mol. The first-order valence-electron chi connectivity index (χ1n) is 10.7. The molecule has 7 nitrogen and oxygen atoms in total. The highest BCUT2D eigenvalue weighted by atomic mass is 79.9. The zero-order valence-corrected chi connectivity index (χ0v) is 22.1. The monoisotopic (exact) mass is 587 g/mol. The Labute approximate surface area is 224 Å². The van der Waals surface area contributed by atoms with Gasteiger partial charge in [-0.1, -0.05) is 51.4 Å². The number of carbonyl (C=O) groups excluding carboxylic acids is 2. The van der Waals surface area contributed by atoms with Gasteiger partial charge in [0.25, 0.3) is 5.91 Å². The van der Waals surface area contributed by atoms with Crippen molar-refractivity contribution in [2.24, 2.45) is 0 Å². The predicted molar refractivity (Wildman–Crippen MR) is 142 cm³/mol. The predicted octanol–water partition coefficient (Wildman–Crippen LogP) is 5.79. The van der Waals surface area contributed by atoms with E-state index in [1.807, 2.05) is 31.2 Å². The number of aromatic nitrogens is 3. The molecule has 0 spiro atoms. The Morgan fingerprint density at radius 3 is 2.61 bits per heavy atom. The second-order valence-electron chi connectivity index (χ2n) is 7.72. The van der Waals surface area contributed by atoms with Gasteiger partial charge < -0.3 is 10.6 Å². The number of amides is 2. The van der Waals surface area contributed by atoms with E-state index in [4.69, 9.17) is 11.6 Å². The molecule has 0 aliphatic heterocycles. The summed E-state index contributed by atoms with van der Waals surface area (Å²) in [5.41, 5.74) is 2.66. The van der Waals surface area contributed by atoms with E-state index in [1.165, 1.54) is 36.0 Å². The van der Waals surface area contributed by atoms with Crippen LogP contribution in [0.1, 0.15) is 21.7 Å². The fourth-order valence-electron chi connectivity index (χ4n) is 3.32. The molecule has 36 heavy (non-hydrogen) atoms. The normalized spacial score (nSPS) is 10.8. The van der Waals surface area contributed by atoms with E-state index in [2.05, 4.69) is 36.8 Å². The van der Waals surface area contributed by atoms with Crippen molar-refractivity contribution in [3.05, 3.63) is 99.0 Å². The minimum Gasteiger partial charge on any atom is -0.345 e. The van der Waals surface area contributed by atoms with Crippen LogP contribution < -0.4 is 10.6 Å². The first-order chi connectivity index (χ1) is 17.3. The second-order valence-corrected chi connectivity index (χ2v) is 9.99. The van der Waals surface area contributed by atoms with Crippen molar-refractivity contribution in [2.45, 2.75) is 18.6 Å². The van der Waals surface area contributed by atoms with Gasteiger partial charge in [-0.2, -0.15) is 0 Å². The van der Waals surface area contributed by atoms with E-state index in [-0.39, 0.29) is 29.9 Å². The summed E-state index contributed by atoms with van der Waals surface area (Å²) in [4.78, 5) is 25.2. The van der Waals surface area contributed by atoms with E-state index < -0.39 is 0 Å². The molecule has 1 heterocycles. The molecule has 4 rings (SSSR count). The third-order valence-corrected chi connectivity index (χ3v) is 6.75. The summed E-state index contributed by atoms with van der Waals surface area (Å²) in [5.74, 6) is -0.462. The van der Waals surface area contributed by atoms with Crippen LogP contribution in [-0.4, -0.2) is 32.3 Å². The maximum Gasteiger partial charge on any atom is 0.253 e. The van der Waals surface area contributed by atoms with Gasteiger partial charge in [0, 0.05) is 15.8 Å². The number of anilines is 1. The van der Waals surface area contributed by atoms with Crippen molar-refractivity contribution in [3.63, 3.8) is 0 Å². The number of benzene rings is 3. The van der Waals surface area contributed by atoms with Crippen LogP contribution in [0.2, 0.25) is 5.02 Å². The summed E-state index contributed by atoms with van der Waals surface area (Å²) < 4.78 is 15.6. The lowest BCUT2D eigenvalue weighted by molar-refractivity contribution is -0.113.